The Kier molecular flexibility index (Phi) is 4.22. The fourth-order valence-corrected chi connectivity index (χ4v) is 3.47. The van der Waals surface area contributed by atoms with Crippen LogP contribution in [0.25, 0.3) is 10.9 Å². The summed E-state index contributed by atoms with van der Waals surface area (Å²) in [5, 5.41) is 5.48. The number of nitrogens with zero attached hydrogens (tertiary/aromatic N) is 4. The maximum Gasteiger partial charge on any atom is 0.435 e. The number of imide groups is 1. The number of nitrogen functional groups attached to an aromatic ring is 1. The third kappa shape index (κ3) is 3.02. The van der Waals surface area contributed by atoms with Gasteiger partial charge in [0, 0.05) is 18.1 Å². The lowest BCUT2D eigenvalue weighted by Crippen LogP contribution is -2.43. The number of carbonyl (C=O) groups excluding carboxylic acids is 2. The van der Waals surface area contributed by atoms with Crippen molar-refractivity contribution in [1.29, 1.82) is 0 Å². The number of hydrogen-bond donors (Lipinski definition) is 2. The average Bonchev–Trinajstić information content (AvgIpc) is 3.15. The Morgan fingerprint density at radius 1 is 1.17 bits per heavy atom. The van der Waals surface area contributed by atoms with E-state index >= 15 is 0 Å². The summed E-state index contributed by atoms with van der Waals surface area (Å²) in [5.74, 6) is -0.213. The van der Waals surface area contributed by atoms with Crippen molar-refractivity contribution in [3.63, 3.8) is 0 Å². The molecule has 0 aliphatic carbocycles. The zero-order valence-electron chi connectivity index (χ0n) is 16.0. The molecule has 3 aromatic rings. The van der Waals surface area contributed by atoms with Crippen LogP contribution in [-0.4, -0.2) is 37.6 Å². The molecule has 1 fully saturated rings. The first-order valence-corrected chi connectivity index (χ1v) is 8.92. The normalized spacial score (nSPS) is 16.7. The first kappa shape index (κ1) is 19.7. The van der Waals surface area contributed by atoms with Crippen LogP contribution in [0.3, 0.4) is 0 Å². The number of H-pyrrole nitrogens is 1. The van der Waals surface area contributed by atoms with E-state index in [0.717, 1.165) is 4.90 Å². The van der Waals surface area contributed by atoms with Crippen LogP contribution in [0.1, 0.15) is 25.1 Å². The van der Waals surface area contributed by atoms with Crippen molar-refractivity contribution in [3.05, 3.63) is 47.8 Å². The van der Waals surface area contributed by atoms with Crippen LogP contribution in [0.15, 0.2) is 36.5 Å². The molecule has 8 nitrogen and oxygen atoms in total. The number of fused-ring (bicyclic) bond motifs is 1. The summed E-state index contributed by atoms with van der Waals surface area (Å²) in [7, 11) is 0. The molecule has 1 aliphatic heterocycles. The van der Waals surface area contributed by atoms with Gasteiger partial charge in [-0.25, -0.2) is 14.7 Å². The quantitative estimate of drug-likeness (QED) is 0.635. The number of amides is 3. The number of urea groups is 1. The van der Waals surface area contributed by atoms with Gasteiger partial charge in [0.15, 0.2) is 5.69 Å². The second-order valence-electron chi connectivity index (χ2n) is 7.46. The molecule has 1 aromatic carbocycles. The van der Waals surface area contributed by atoms with E-state index in [-0.39, 0.29) is 29.0 Å². The molecule has 156 valence electrons. The summed E-state index contributed by atoms with van der Waals surface area (Å²) in [4.78, 5) is 32.4. The molecule has 3 amide bonds. The number of pyridine rings is 1. The molecule has 0 spiro atoms. The van der Waals surface area contributed by atoms with Crippen molar-refractivity contribution < 1.29 is 22.8 Å². The molecule has 0 saturated carbocycles. The van der Waals surface area contributed by atoms with Gasteiger partial charge in [-0.05, 0) is 49.7 Å². The number of anilines is 2. The van der Waals surface area contributed by atoms with E-state index in [2.05, 4.69) is 15.2 Å². The number of halogens is 3. The zero-order valence-corrected chi connectivity index (χ0v) is 16.0. The van der Waals surface area contributed by atoms with Crippen LogP contribution >= 0.6 is 0 Å². The minimum absolute atomic E-state index is 0.0681. The highest BCUT2D eigenvalue weighted by atomic mass is 19.4. The topological polar surface area (TPSA) is 108 Å². The fraction of sp³-hybridized carbons (Fsp3) is 0.263. The van der Waals surface area contributed by atoms with Gasteiger partial charge in [-0.1, -0.05) is 0 Å². The van der Waals surface area contributed by atoms with Gasteiger partial charge in [0.2, 0.25) is 0 Å². The molecule has 0 radical (unpaired) electrons. The molecule has 11 heteroatoms. The maximum atomic E-state index is 13.1. The second kappa shape index (κ2) is 6.44. The summed E-state index contributed by atoms with van der Waals surface area (Å²) < 4.78 is 39.1. The van der Waals surface area contributed by atoms with Crippen LogP contribution in [0.5, 0.6) is 0 Å². The molecule has 0 unspecified atom stereocenters. The van der Waals surface area contributed by atoms with Gasteiger partial charge >= 0.3 is 12.2 Å². The molecule has 3 heterocycles. The predicted molar refractivity (Wildman–Crippen MR) is 102 cm³/mol. The van der Waals surface area contributed by atoms with Crippen molar-refractivity contribution in [2.24, 2.45) is 0 Å². The van der Waals surface area contributed by atoms with Crippen LogP contribution in [-0.2, 0) is 17.5 Å². The molecule has 1 aliphatic rings. The van der Waals surface area contributed by atoms with Crippen molar-refractivity contribution >= 4 is 34.3 Å². The molecular formula is C19H17F3N6O2. The van der Waals surface area contributed by atoms with Crippen molar-refractivity contribution in [3.8, 4) is 0 Å². The van der Waals surface area contributed by atoms with Crippen molar-refractivity contribution in [1.82, 2.24) is 20.1 Å². The largest absolute Gasteiger partial charge is 0.435 e. The lowest BCUT2D eigenvalue weighted by molar-refractivity contribution is -0.140. The molecule has 3 N–H and O–H groups in total. The molecule has 30 heavy (non-hydrogen) atoms. The van der Waals surface area contributed by atoms with E-state index in [1.807, 2.05) is 0 Å². The number of aromatic nitrogens is 3. The van der Waals surface area contributed by atoms with E-state index in [1.54, 1.807) is 26.0 Å². The van der Waals surface area contributed by atoms with Crippen LogP contribution in [0, 0.1) is 0 Å². The van der Waals surface area contributed by atoms with Gasteiger partial charge in [-0.2, -0.15) is 18.3 Å². The Morgan fingerprint density at radius 2 is 1.90 bits per heavy atom. The van der Waals surface area contributed by atoms with E-state index in [9.17, 15) is 22.8 Å². The second-order valence-corrected chi connectivity index (χ2v) is 7.46. The smallest absolute Gasteiger partial charge is 0.384 e. The van der Waals surface area contributed by atoms with E-state index in [0.29, 0.717) is 5.56 Å². The SMILES string of the molecule is CC1(C)C(=O)N(c2ccc3c(C(F)(F)F)n[nH]c3c2)C(=O)N1Cc1ccnc(N)c1. The number of nitrogens with one attached hydrogen (secondary N) is 1. The Bertz CT molecular complexity index is 1170. The minimum Gasteiger partial charge on any atom is -0.384 e. The predicted octanol–water partition coefficient (Wildman–Crippen LogP) is 3.31. The highest BCUT2D eigenvalue weighted by molar-refractivity contribution is 6.23. The third-order valence-electron chi connectivity index (χ3n) is 5.08. The highest BCUT2D eigenvalue weighted by Gasteiger charge is 2.51. The third-order valence-corrected chi connectivity index (χ3v) is 5.08. The van der Waals surface area contributed by atoms with Gasteiger partial charge in [0.05, 0.1) is 11.2 Å². The molecular weight excluding hydrogens is 401 g/mol. The van der Waals surface area contributed by atoms with Crippen LogP contribution in [0.4, 0.5) is 29.5 Å². The monoisotopic (exact) mass is 418 g/mol. The molecule has 1 saturated heterocycles. The van der Waals surface area contributed by atoms with E-state index in [1.165, 1.54) is 29.3 Å². The number of alkyl halides is 3. The number of hydrogen-bond acceptors (Lipinski definition) is 5. The van der Waals surface area contributed by atoms with Gasteiger partial charge in [-0.15, -0.1) is 0 Å². The summed E-state index contributed by atoms with van der Waals surface area (Å²) in [6, 6.07) is 6.49. The van der Waals surface area contributed by atoms with Gasteiger partial charge < -0.3 is 10.6 Å². The van der Waals surface area contributed by atoms with Gasteiger partial charge in [0.1, 0.15) is 11.4 Å². The average molecular weight is 418 g/mol. The van der Waals surface area contributed by atoms with Crippen molar-refractivity contribution in [2.75, 3.05) is 10.6 Å². The summed E-state index contributed by atoms with van der Waals surface area (Å²) in [5.41, 5.74) is 4.37. The zero-order chi connectivity index (χ0) is 21.8. The lowest BCUT2D eigenvalue weighted by Gasteiger charge is -2.27. The molecule has 2 aromatic heterocycles. The number of carbonyl (C=O) groups is 2. The van der Waals surface area contributed by atoms with E-state index in [4.69, 9.17) is 5.73 Å². The highest BCUT2D eigenvalue weighted by Crippen LogP contribution is 2.37. The van der Waals surface area contributed by atoms with Gasteiger partial charge in [-0.3, -0.25) is 9.89 Å². The number of benzene rings is 1. The Balaban J connectivity index is 1.71. The number of nitrogens with two attached hydrogens (primary N) is 1. The molecule has 0 bridgehead atoms. The summed E-state index contributed by atoms with van der Waals surface area (Å²) >= 11 is 0. The fourth-order valence-electron chi connectivity index (χ4n) is 3.47. The molecule has 0 atom stereocenters. The Labute approximate surface area is 168 Å². The van der Waals surface area contributed by atoms with Crippen LogP contribution < -0.4 is 10.6 Å². The Morgan fingerprint density at radius 3 is 2.57 bits per heavy atom. The number of rotatable bonds is 3. The summed E-state index contributed by atoms with van der Waals surface area (Å²) in [6.45, 7) is 3.33. The first-order chi connectivity index (χ1) is 14.0. The standard InChI is InChI=1S/C19H17F3N6O2/c1-18(2)16(29)28(17(30)27(18)9-10-5-6-24-14(23)7-10)11-3-4-12-13(8-11)25-26-15(12)19(20,21)22/h3-8H,9H2,1-2H3,(H2,23,24)(H,25,26). The summed E-state index contributed by atoms with van der Waals surface area (Å²) in [6.07, 6.45) is -3.12. The maximum absolute atomic E-state index is 13.1. The Hall–Kier alpha value is -3.63. The number of aromatic amines is 1. The minimum atomic E-state index is -4.62. The lowest BCUT2D eigenvalue weighted by atomic mass is 10.0. The molecule has 4 rings (SSSR count). The first-order valence-electron chi connectivity index (χ1n) is 8.92. The van der Waals surface area contributed by atoms with Gasteiger partial charge in [0.25, 0.3) is 5.91 Å². The van der Waals surface area contributed by atoms with E-state index < -0.39 is 29.3 Å². The van der Waals surface area contributed by atoms with Crippen molar-refractivity contribution in [2.45, 2.75) is 32.1 Å². The van der Waals surface area contributed by atoms with Crippen LogP contribution in [0.2, 0.25) is 0 Å².